The molecule has 3 aromatic rings. The van der Waals surface area contributed by atoms with Gasteiger partial charge in [-0.15, -0.1) is 13.2 Å². The number of nitrogens with zero attached hydrogens (tertiary/aromatic N) is 2. The third-order valence-electron chi connectivity index (χ3n) is 6.03. The standard InChI is InChI=1S/C27H34N2/c1-8-11-13-22-21(12-9-2)24-15-20(27(5,6)7)17-29-26(24)25-23(22)14-19(16-28-25)18(4)10-3/h8-9,14-18H,1-2,10-13H2,3-7H3. The predicted octanol–water partition coefficient (Wildman–Crippen LogP) is 7.44. The summed E-state index contributed by atoms with van der Waals surface area (Å²) < 4.78 is 0. The monoisotopic (exact) mass is 386 g/mol. The van der Waals surface area contributed by atoms with Crippen LogP contribution in [0, 0.1) is 0 Å². The highest BCUT2D eigenvalue weighted by Gasteiger charge is 2.20. The lowest BCUT2D eigenvalue weighted by Gasteiger charge is -2.22. The van der Waals surface area contributed by atoms with Crippen LogP contribution < -0.4 is 0 Å². The first-order valence-corrected chi connectivity index (χ1v) is 10.8. The van der Waals surface area contributed by atoms with Crippen LogP contribution in [0.1, 0.15) is 75.6 Å². The summed E-state index contributed by atoms with van der Waals surface area (Å²) in [5.41, 5.74) is 7.33. The van der Waals surface area contributed by atoms with E-state index in [0.717, 1.165) is 36.7 Å². The van der Waals surface area contributed by atoms with Gasteiger partial charge in [-0.25, -0.2) is 0 Å². The molecule has 2 heteroatoms. The van der Waals surface area contributed by atoms with Gasteiger partial charge in [0.25, 0.3) is 0 Å². The summed E-state index contributed by atoms with van der Waals surface area (Å²) in [5, 5.41) is 2.46. The van der Waals surface area contributed by atoms with Crippen LogP contribution in [0.2, 0.25) is 0 Å². The van der Waals surface area contributed by atoms with Crippen LogP contribution in [0.15, 0.2) is 49.8 Å². The van der Waals surface area contributed by atoms with Crippen LogP contribution in [0.4, 0.5) is 0 Å². The normalized spacial score (nSPS) is 13.0. The minimum atomic E-state index is 0.0523. The van der Waals surface area contributed by atoms with E-state index in [1.165, 1.54) is 33.0 Å². The first kappa shape index (κ1) is 21.2. The average Bonchev–Trinajstić information content (AvgIpc) is 2.71. The number of allylic oxidation sites excluding steroid dienone is 2. The number of pyridine rings is 2. The van der Waals surface area contributed by atoms with Crippen LogP contribution in [0.5, 0.6) is 0 Å². The van der Waals surface area contributed by atoms with Crippen molar-refractivity contribution in [3.05, 3.63) is 72.1 Å². The molecular weight excluding hydrogens is 352 g/mol. The van der Waals surface area contributed by atoms with Gasteiger partial charge in [-0.2, -0.15) is 0 Å². The quantitative estimate of drug-likeness (QED) is 0.311. The van der Waals surface area contributed by atoms with Crippen molar-refractivity contribution in [2.45, 2.75) is 71.6 Å². The zero-order valence-corrected chi connectivity index (χ0v) is 18.7. The van der Waals surface area contributed by atoms with Gasteiger partial charge in [-0.1, -0.05) is 46.8 Å². The van der Waals surface area contributed by atoms with Crippen LogP contribution in [-0.4, -0.2) is 9.97 Å². The Morgan fingerprint density at radius 3 is 2.21 bits per heavy atom. The summed E-state index contributed by atoms with van der Waals surface area (Å²) in [6.07, 6.45) is 11.9. The Labute approximate surface area is 175 Å². The molecule has 1 aromatic carbocycles. The molecular formula is C27H34N2. The third kappa shape index (κ3) is 4.12. The van der Waals surface area contributed by atoms with E-state index in [4.69, 9.17) is 9.97 Å². The van der Waals surface area contributed by atoms with Crippen molar-refractivity contribution in [1.82, 2.24) is 9.97 Å². The molecule has 0 aliphatic rings. The summed E-state index contributed by atoms with van der Waals surface area (Å²) in [7, 11) is 0. The maximum atomic E-state index is 4.93. The summed E-state index contributed by atoms with van der Waals surface area (Å²) in [5.74, 6) is 0.494. The van der Waals surface area contributed by atoms with E-state index in [9.17, 15) is 0 Å². The first-order valence-electron chi connectivity index (χ1n) is 10.8. The van der Waals surface area contributed by atoms with Crippen LogP contribution in [0.3, 0.4) is 0 Å². The molecule has 0 amide bonds. The van der Waals surface area contributed by atoms with E-state index in [2.05, 4.69) is 59.9 Å². The van der Waals surface area contributed by atoms with Crippen LogP contribution in [0.25, 0.3) is 21.8 Å². The van der Waals surface area contributed by atoms with Gasteiger partial charge in [0.2, 0.25) is 0 Å². The molecule has 2 nitrogen and oxygen atoms in total. The third-order valence-corrected chi connectivity index (χ3v) is 6.03. The van der Waals surface area contributed by atoms with Gasteiger partial charge in [-0.05, 0) is 71.4 Å². The van der Waals surface area contributed by atoms with Crippen molar-refractivity contribution in [3.63, 3.8) is 0 Å². The number of aromatic nitrogens is 2. The van der Waals surface area contributed by atoms with Crippen molar-refractivity contribution in [1.29, 1.82) is 0 Å². The number of benzene rings is 1. The molecule has 0 radical (unpaired) electrons. The SMILES string of the molecule is C=CCCc1c(CC=C)c2cc(C(C)(C)C)cnc2c2ncc(C(C)CC)cc12. The largest absolute Gasteiger partial charge is 0.254 e. The van der Waals surface area contributed by atoms with Gasteiger partial charge >= 0.3 is 0 Å². The Kier molecular flexibility index (Phi) is 6.21. The fourth-order valence-corrected chi connectivity index (χ4v) is 3.93. The Morgan fingerprint density at radius 1 is 0.966 bits per heavy atom. The highest BCUT2D eigenvalue weighted by atomic mass is 14.7. The molecule has 29 heavy (non-hydrogen) atoms. The van der Waals surface area contributed by atoms with E-state index < -0.39 is 0 Å². The van der Waals surface area contributed by atoms with Crippen LogP contribution in [-0.2, 0) is 18.3 Å². The van der Waals surface area contributed by atoms with Gasteiger partial charge in [0.15, 0.2) is 0 Å². The molecule has 152 valence electrons. The number of fused-ring (bicyclic) bond motifs is 3. The minimum Gasteiger partial charge on any atom is -0.254 e. The maximum Gasteiger partial charge on any atom is 0.0967 e. The van der Waals surface area contributed by atoms with Gasteiger partial charge in [0, 0.05) is 23.2 Å². The molecule has 0 spiro atoms. The molecule has 0 bridgehead atoms. The smallest absolute Gasteiger partial charge is 0.0967 e. The highest BCUT2D eigenvalue weighted by molar-refractivity contribution is 6.07. The number of aryl methyl sites for hydroxylation is 1. The van der Waals surface area contributed by atoms with Crippen molar-refractivity contribution in [3.8, 4) is 0 Å². The number of hydrogen-bond acceptors (Lipinski definition) is 2. The Bertz CT molecular complexity index is 1050. The summed E-state index contributed by atoms with van der Waals surface area (Å²) in [6.45, 7) is 19.2. The van der Waals surface area contributed by atoms with E-state index in [1.54, 1.807) is 0 Å². The van der Waals surface area contributed by atoms with Crippen molar-refractivity contribution < 1.29 is 0 Å². The molecule has 2 heterocycles. The van der Waals surface area contributed by atoms with Crippen molar-refractivity contribution >= 4 is 21.8 Å². The number of hydrogen-bond donors (Lipinski definition) is 0. The van der Waals surface area contributed by atoms with E-state index in [0.29, 0.717) is 5.92 Å². The lowest BCUT2D eigenvalue weighted by Crippen LogP contribution is -2.12. The molecule has 1 atom stereocenters. The fourth-order valence-electron chi connectivity index (χ4n) is 3.93. The van der Waals surface area contributed by atoms with Gasteiger partial charge < -0.3 is 0 Å². The molecule has 1 unspecified atom stereocenters. The van der Waals surface area contributed by atoms with E-state index in [1.807, 2.05) is 24.5 Å². The fraction of sp³-hybridized carbons (Fsp3) is 0.407. The van der Waals surface area contributed by atoms with Crippen LogP contribution >= 0.6 is 0 Å². The summed E-state index contributed by atoms with van der Waals surface area (Å²) in [4.78, 5) is 9.84. The molecule has 0 saturated heterocycles. The van der Waals surface area contributed by atoms with E-state index in [-0.39, 0.29) is 5.41 Å². The second-order valence-electron chi connectivity index (χ2n) is 9.12. The lowest BCUT2D eigenvalue weighted by molar-refractivity contribution is 0.588. The Hall–Kier alpha value is -2.48. The molecule has 0 N–H and O–H groups in total. The van der Waals surface area contributed by atoms with Gasteiger partial charge in [0.1, 0.15) is 0 Å². The molecule has 0 aliphatic carbocycles. The van der Waals surface area contributed by atoms with E-state index >= 15 is 0 Å². The second kappa shape index (κ2) is 8.49. The Balaban J connectivity index is 2.44. The number of rotatable bonds is 7. The zero-order valence-electron chi connectivity index (χ0n) is 18.7. The maximum absolute atomic E-state index is 4.93. The molecule has 3 rings (SSSR count). The summed E-state index contributed by atoms with van der Waals surface area (Å²) >= 11 is 0. The lowest BCUT2D eigenvalue weighted by atomic mass is 9.85. The molecule has 0 fully saturated rings. The molecule has 0 saturated carbocycles. The first-order chi connectivity index (χ1) is 13.8. The topological polar surface area (TPSA) is 25.8 Å². The van der Waals surface area contributed by atoms with Crippen molar-refractivity contribution in [2.75, 3.05) is 0 Å². The average molecular weight is 387 g/mol. The Morgan fingerprint density at radius 2 is 1.62 bits per heavy atom. The van der Waals surface area contributed by atoms with Crippen molar-refractivity contribution in [2.24, 2.45) is 0 Å². The minimum absolute atomic E-state index is 0.0523. The van der Waals surface area contributed by atoms with Gasteiger partial charge in [0.05, 0.1) is 11.0 Å². The predicted molar refractivity (Wildman–Crippen MR) is 127 cm³/mol. The summed E-state index contributed by atoms with van der Waals surface area (Å²) in [6, 6.07) is 4.67. The highest BCUT2D eigenvalue weighted by Crippen LogP contribution is 2.36. The molecule has 0 aliphatic heterocycles. The molecule has 2 aromatic heterocycles. The second-order valence-corrected chi connectivity index (χ2v) is 9.12. The zero-order chi connectivity index (χ0) is 21.2. The van der Waals surface area contributed by atoms with Gasteiger partial charge in [-0.3, -0.25) is 9.97 Å².